The molecule has 2 heterocycles. The van der Waals surface area contributed by atoms with Crippen molar-refractivity contribution in [1.82, 2.24) is 15.4 Å². The van der Waals surface area contributed by atoms with Crippen LogP contribution >= 0.6 is 0 Å². The topological polar surface area (TPSA) is 129 Å². The lowest BCUT2D eigenvalue weighted by Gasteiger charge is -2.29. The molecule has 2 N–H and O–H groups in total. The van der Waals surface area contributed by atoms with E-state index in [1.54, 1.807) is 30.3 Å². The standard InChI is InChI=1S/C24H30N4O5/c1-5-32-21-11-20(33-27-21)22(14(2)3)24(31)28-13-18(29)10-19(28)23(30)26-15(4)17-8-6-16(12-25)7-9-17/h6-9,11,14-15,18-19,22,29H,5,10,13H2,1-4H3,(H,26,30)/t15-,18+,19-,22+/m0/s1. The molecule has 0 unspecified atom stereocenters. The smallest absolute Gasteiger partial charge is 0.254 e. The minimum Gasteiger partial charge on any atom is -0.476 e. The van der Waals surface area contributed by atoms with Crippen molar-refractivity contribution in [3.63, 3.8) is 0 Å². The molecule has 0 bridgehead atoms. The van der Waals surface area contributed by atoms with Crippen molar-refractivity contribution in [2.75, 3.05) is 13.2 Å². The summed E-state index contributed by atoms with van der Waals surface area (Å²) in [5.41, 5.74) is 1.37. The van der Waals surface area contributed by atoms with Crippen molar-refractivity contribution in [3.05, 3.63) is 47.2 Å². The number of aliphatic hydroxyl groups excluding tert-OH is 1. The van der Waals surface area contributed by atoms with Gasteiger partial charge in [-0.05, 0) is 42.6 Å². The van der Waals surface area contributed by atoms with Gasteiger partial charge in [-0.2, -0.15) is 5.26 Å². The zero-order valence-electron chi connectivity index (χ0n) is 19.3. The number of hydrogen-bond acceptors (Lipinski definition) is 7. The Labute approximate surface area is 193 Å². The van der Waals surface area contributed by atoms with Gasteiger partial charge in [-0.15, -0.1) is 0 Å². The average Bonchev–Trinajstić information content (AvgIpc) is 3.40. The zero-order valence-corrected chi connectivity index (χ0v) is 19.3. The van der Waals surface area contributed by atoms with Crippen LogP contribution in [0.4, 0.5) is 0 Å². The van der Waals surface area contributed by atoms with E-state index in [-0.39, 0.29) is 36.7 Å². The molecular weight excluding hydrogens is 424 g/mol. The molecule has 1 aliphatic rings. The number of likely N-dealkylation sites (tertiary alicyclic amines) is 1. The van der Waals surface area contributed by atoms with Crippen LogP contribution in [0.25, 0.3) is 0 Å². The number of rotatable bonds is 8. The van der Waals surface area contributed by atoms with Crippen LogP contribution in [0.2, 0.25) is 0 Å². The molecule has 2 amide bonds. The van der Waals surface area contributed by atoms with Gasteiger partial charge in [0.2, 0.25) is 11.8 Å². The van der Waals surface area contributed by atoms with Gasteiger partial charge in [0.1, 0.15) is 12.0 Å². The molecule has 0 radical (unpaired) electrons. The molecule has 0 saturated carbocycles. The summed E-state index contributed by atoms with van der Waals surface area (Å²) in [6.07, 6.45) is -0.639. The third-order valence-corrected chi connectivity index (χ3v) is 5.80. The Balaban J connectivity index is 1.76. The summed E-state index contributed by atoms with van der Waals surface area (Å²) in [5.74, 6) is -0.760. The van der Waals surface area contributed by atoms with Gasteiger partial charge in [-0.3, -0.25) is 9.59 Å². The second-order valence-electron chi connectivity index (χ2n) is 8.58. The van der Waals surface area contributed by atoms with Gasteiger partial charge in [0.05, 0.1) is 30.4 Å². The number of carbonyl (C=O) groups excluding carboxylic acids is 2. The second-order valence-corrected chi connectivity index (χ2v) is 8.58. The molecule has 33 heavy (non-hydrogen) atoms. The molecule has 4 atom stereocenters. The third kappa shape index (κ3) is 5.52. The summed E-state index contributed by atoms with van der Waals surface area (Å²) in [7, 11) is 0. The normalized spacial score (nSPS) is 19.7. The first kappa shape index (κ1) is 24.3. The van der Waals surface area contributed by atoms with Crippen LogP contribution in [0.15, 0.2) is 34.9 Å². The van der Waals surface area contributed by atoms with E-state index in [2.05, 4.69) is 16.5 Å². The predicted molar refractivity (Wildman–Crippen MR) is 119 cm³/mol. The van der Waals surface area contributed by atoms with Gasteiger partial charge in [-0.25, -0.2) is 0 Å². The highest BCUT2D eigenvalue weighted by molar-refractivity contribution is 5.91. The first-order valence-corrected chi connectivity index (χ1v) is 11.1. The molecule has 0 spiro atoms. The maximum Gasteiger partial charge on any atom is 0.254 e. The number of hydrogen-bond donors (Lipinski definition) is 2. The highest BCUT2D eigenvalue weighted by Gasteiger charge is 2.43. The molecule has 2 aromatic rings. The molecule has 9 heteroatoms. The Morgan fingerprint density at radius 1 is 1.33 bits per heavy atom. The molecule has 9 nitrogen and oxygen atoms in total. The van der Waals surface area contributed by atoms with E-state index in [9.17, 15) is 14.7 Å². The van der Waals surface area contributed by atoms with Crippen molar-refractivity contribution in [2.24, 2.45) is 5.92 Å². The first-order chi connectivity index (χ1) is 15.7. The number of nitrogens with one attached hydrogen (secondary N) is 1. The van der Waals surface area contributed by atoms with Crippen molar-refractivity contribution in [1.29, 1.82) is 5.26 Å². The molecule has 0 aliphatic carbocycles. The van der Waals surface area contributed by atoms with Crippen LogP contribution in [0.5, 0.6) is 5.88 Å². The Morgan fingerprint density at radius 2 is 2.03 bits per heavy atom. The van der Waals surface area contributed by atoms with Crippen molar-refractivity contribution < 1.29 is 24.0 Å². The van der Waals surface area contributed by atoms with E-state index in [1.165, 1.54) is 4.90 Å². The number of amides is 2. The van der Waals surface area contributed by atoms with E-state index in [0.717, 1.165) is 5.56 Å². The van der Waals surface area contributed by atoms with Crippen LogP contribution in [-0.4, -0.2) is 52.3 Å². The predicted octanol–water partition coefficient (Wildman–Crippen LogP) is 2.52. The lowest BCUT2D eigenvalue weighted by molar-refractivity contribution is -0.141. The van der Waals surface area contributed by atoms with E-state index in [1.807, 2.05) is 27.7 Å². The summed E-state index contributed by atoms with van der Waals surface area (Å²) in [4.78, 5) is 28.1. The Hall–Kier alpha value is -3.38. The maximum absolute atomic E-state index is 13.5. The average molecular weight is 455 g/mol. The maximum atomic E-state index is 13.5. The van der Waals surface area contributed by atoms with Crippen LogP contribution in [0, 0.1) is 17.2 Å². The van der Waals surface area contributed by atoms with E-state index < -0.39 is 18.1 Å². The highest BCUT2D eigenvalue weighted by atomic mass is 16.5. The van der Waals surface area contributed by atoms with Gasteiger partial charge >= 0.3 is 0 Å². The van der Waals surface area contributed by atoms with E-state index >= 15 is 0 Å². The largest absolute Gasteiger partial charge is 0.476 e. The van der Waals surface area contributed by atoms with E-state index in [0.29, 0.717) is 23.8 Å². The highest BCUT2D eigenvalue weighted by Crippen LogP contribution is 2.32. The number of nitriles is 1. The Morgan fingerprint density at radius 3 is 2.64 bits per heavy atom. The summed E-state index contributed by atoms with van der Waals surface area (Å²) in [6, 6.07) is 9.47. The first-order valence-electron chi connectivity index (χ1n) is 11.1. The number of ether oxygens (including phenoxy) is 1. The zero-order chi connectivity index (χ0) is 24.1. The van der Waals surface area contributed by atoms with Crippen molar-refractivity contribution in [3.8, 4) is 11.9 Å². The quantitative estimate of drug-likeness (QED) is 0.627. The fourth-order valence-electron chi connectivity index (χ4n) is 4.09. The summed E-state index contributed by atoms with van der Waals surface area (Å²) in [5, 5.41) is 26.0. The molecule has 176 valence electrons. The fourth-order valence-corrected chi connectivity index (χ4v) is 4.09. The number of benzene rings is 1. The summed E-state index contributed by atoms with van der Waals surface area (Å²) >= 11 is 0. The van der Waals surface area contributed by atoms with Gasteiger partial charge < -0.3 is 24.6 Å². The molecule has 1 fully saturated rings. The third-order valence-electron chi connectivity index (χ3n) is 5.80. The second kappa shape index (κ2) is 10.5. The monoisotopic (exact) mass is 454 g/mol. The molecule has 3 rings (SSSR count). The van der Waals surface area contributed by atoms with Gasteiger partial charge in [-0.1, -0.05) is 26.0 Å². The van der Waals surface area contributed by atoms with Gasteiger partial charge in [0.25, 0.3) is 5.88 Å². The minimum atomic E-state index is -0.802. The van der Waals surface area contributed by atoms with Crippen LogP contribution in [-0.2, 0) is 9.59 Å². The van der Waals surface area contributed by atoms with E-state index in [4.69, 9.17) is 14.5 Å². The number of carbonyl (C=O) groups is 2. The number of aliphatic hydroxyl groups is 1. The van der Waals surface area contributed by atoms with Gasteiger partial charge in [0, 0.05) is 19.0 Å². The molecule has 1 aromatic heterocycles. The molecule has 1 aromatic carbocycles. The molecular formula is C24H30N4O5. The SMILES string of the molecule is CCOc1cc([C@H](C(=O)N2C[C@H](O)C[C@H]2C(=O)N[C@@H](C)c2ccc(C#N)cc2)C(C)C)on1. The number of β-amino-alcohol motifs (C(OH)–C–C–N with tert-alkyl or cyclic N) is 1. The Kier molecular flexibility index (Phi) is 7.71. The molecule has 1 saturated heterocycles. The van der Waals surface area contributed by atoms with Gasteiger partial charge in [0.15, 0.2) is 5.76 Å². The molecule has 1 aliphatic heterocycles. The fraction of sp³-hybridized carbons (Fsp3) is 0.500. The van der Waals surface area contributed by atoms with Crippen LogP contribution in [0.1, 0.15) is 63.0 Å². The van der Waals surface area contributed by atoms with Crippen LogP contribution in [0.3, 0.4) is 0 Å². The minimum absolute atomic E-state index is 0.0673. The summed E-state index contributed by atoms with van der Waals surface area (Å²) in [6.45, 7) is 7.92. The number of aromatic nitrogens is 1. The summed E-state index contributed by atoms with van der Waals surface area (Å²) < 4.78 is 10.7. The van der Waals surface area contributed by atoms with Crippen LogP contribution < -0.4 is 10.1 Å². The Bertz CT molecular complexity index is 1010. The lowest BCUT2D eigenvalue weighted by atomic mass is 9.91. The van der Waals surface area contributed by atoms with Crippen molar-refractivity contribution in [2.45, 2.75) is 58.2 Å². The van der Waals surface area contributed by atoms with Crippen molar-refractivity contribution >= 4 is 11.8 Å². The lowest BCUT2D eigenvalue weighted by Crippen LogP contribution is -2.48. The number of nitrogens with zero attached hydrogens (tertiary/aromatic N) is 3.